The second-order valence-electron chi connectivity index (χ2n) is 7.56. The summed E-state index contributed by atoms with van der Waals surface area (Å²) in [7, 11) is -2.57. The van der Waals surface area contributed by atoms with E-state index in [0.717, 1.165) is 47.3 Å². The number of hydrogen-bond donors (Lipinski definition) is 2. The van der Waals surface area contributed by atoms with Crippen LogP contribution >= 0.6 is 34.5 Å². The van der Waals surface area contributed by atoms with Gasteiger partial charge in [0.1, 0.15) is 10.6 Å². The van der Waals surface area contributed by atoms with E-state index in [2.05, 4.69) is 15.0 Å². The van der Waals surface area contributed by atoms with Crippen molar-refractivity contribution in [3.63, 3.8) is 0 Å². The van der Waals surface area contributed by atoms with Crippen molar-refractivity contribution in [2.24, 2.45) is 0 Å². The maximum absolute atomic E-state index is 13.2. The van der Waals surface area contributed by atoms with Crippen LogP contribution in [-0.2, 0) is 14.8 Å². The van der Waals surface area contributed by atoms with E-state index in [1.54, 1.807) is 18.2 Å². The van der Waals surface area contributed by atoms with Gasteiger partial charge in [-0.2, -0.15) is 0 Å². The molecule has 0 bridgehead atoms. The number of aryl methyl sites for hydroxylation is 1. The summed E-state index contributed by atoms with van der Waals surface area (Å²) >= 11 is 13.6. The Morgan fingerprint density at radius 3 is 2.61 bits per heavy atom. The topological polar surface area (TPSA) is 89.5 Å². The molecule has 1 aliphatic rings. The number of ether oxygens (including phenoxy) is 2. The average Bonchev–Trinajstić information content (AvgIpc) is 3.15. The van der Waals surface area contributed by atoms with Gasteiger partial charge in [-0.1, -0.05) is 34.5 Å². The zero-order chi connectivity index (χ0) is 23.6. The van der Waals surface area contributed by atoms with Crippen molar-refractivity contribution in [2.75, 3.05) is 30.4 Å². The largest absolute Gasteiger partial charge is 0.495 e. The number of nitrogens with zero attached hydrogens (tertiary/aromatic N) is 1. The molecule has 0 amide bonds. The highest BCUT2D eigenvalue weighted by Crippen LogP contribution is 2.38. The molecule has 1 aromatic heterocycles. The van der Waals surface area contributed by atoms with E-state index < -0.39 is 10.0 Å². The predicted octanol–water partition coefficient (Wildman–Crippen LogP) is 5.83. The molecule has 2 aromatic carbocycles. The molecule has 0 saturated carbocycles. The second-order valence-corrected chi connectivity index (χ2v) is 11.1. The smallest absolute Gasteiger partial charge is 0.265 e. The van der Waals surface area contributed by atoms with Gasteiger partial charge in [0.2, 0.25) is 0 Å². The summed E-state index contributed by atoms with van der Waals surface area (Å²) in [4.78, 5) is 5.53. The van der Waals surface area contributed by atoms with Gasteiger partial charge in [-0.05, 0) is 61.7 Å². The number of anilines is 2. The lowest BCUT2D eigenvalue weighted by Crippen LogP contribution is -2.27. The molecule has 4 rings (SSSR count). The maximum atomic E-state index is 13.2. The molecule has 1 fully saturated rings. The van der Waals surface area contributed by atoms with Crippen molar-refractivity contribution in [1.29, 1.82) is 0 Å². The van der Waals surface area contributed by atoms with Gasteiger partial charge in [-0.15, -0.1) is 0 Å². The summed E-state index contributed by atoms with van der Waals surface area (Å²) in [6.07, 6.45) is 1.86. The lowest BCUT2D eigenvalue weighted by Gasteiger charge is -2.22. The molecule has 0 unspecified atom stereocenters. The number of aromatic nitrogens is 1. The van der Waals surface area contributed by atoms with E-state index in [0.29, 0.717) is 11.1 Å². The fraction of sp³-hybridized carbons (Fsp3) is 0.318. The normalized spacial score (nSPS) is 14.8. The first-order valence-electron chi connectivity index (χ1n) is 10.2. The molecule has 2 N–H and O–H groups in total. The zero-order valence-corrected chi connectivity index (χ0v) is 21.2. The van der Waals surface area contributed by atoms with Crippen LogP contribution in [0.2, 0.25) is 10.0 Å². The maximum Gasteiger partial charge on any atom is 0.265 e. The number of hydrogen-bond acceptors (Lipinski definition) is 7. The summed E-state index contributed by atoms with van der Waals surface area (Å²) in [6.45, 7) is 3.38. The predicted molar refractivity (Wildman–Crippen MR) is 134 cm³/mol. The quantitative estimate of drug-likeness (QED) is 0.402. The molecule has 1 saturated heterocycles. The summed E-state index contributed by atoms with van der Waals surface area (Å²) in [6, 6.07) is 9.92. The first kappa shape index (κ1) is 24.1. The Bertz CT molecular complexity index is 1260. The molecule has 33 heavy (non-hydrogen) atoms. The third kappa shape index (κ3) is 5.55. The molecule has 0 spiro atoms. The van der Waals surface area contributed by atoms with E-state index in [1.807, 2.05) is 13.0 Å². The number of rotatable bonds is 7. The minimum Gasteiger partial charge on any atom is -0.495 e. The van der Waals surface area contributed by atoms with Crippen LogP contribution in [0.1, 0.15) is 18.5 Å². The van der Waals surface area contributed by atoms with E-state index in [4.69, 9.17) is 32.7 Å². The molecule has 0 atom stereocenters. The van der Waals surface area contributed by atoms with Gasteiger partial charge in [-0.3, -0.25) is 4.72 Å². The molecule has 1 aliphatic heterocycles. The minimum absolute atomic E-state index is 0.000236. The SMILES string of the molecule is COc1ccc(-c2sc(NC3CCOCC3)nc2C)cc1S(=O)(=O)Nc1ccc(Cl)cc1Cl. The van der Waals surface area contributed by atoms with E-state index in [9.17, 15) is 8.42 Å². The fourth-order valence-electron chi connectivity index (χ4n) is 3.54. The van der Waals surface area contributed by atoms with Crippen molar-refractivity contribution in [3.8, 4) is 16.2 Å². The Balaban J connectivity index is 1.65. The molecule has 3 aromatic rings. The van der Waals surface area contributed by atoms with Crippen molar-refractivity contribution in [1.82, 2.24) is 4.98 Å². The fourth-order valence-corrected chi connectivity index (χ4v) is 6.37. The average molecular weight is 528 g/mol. The molecule has 0 radical (unpaired) electrons. The summed E-state index contributed by atoms with van der Waals surface area (Å²) in [5.41, 5.74) is 1.77. The first-order chi connectivity index (χ1) is 15.8. The van der Waals surface area contributed by atoms with Crippen molar-refractivity contribution in [3.05, 3.63) is 52.1 Å². The number of methoxy groups -OCH3 is 1. The molecule has 2 heterocycles. The second kappa shape index (κ2) is 10.1. The molecule has 0 aliphatic carbocycles. The molecule has 11 heteroatoms. The Morgan fingerprint density at radius 1 is 1.15 bits per heavy atom. The number of benzene rings is 2. The van der Waals surface area contributed by atoms with Gasteiger partial charge in [0.15, 0.2) is 5.13 Å². The number of sulfonamides is 1. The van der Waals surface area contributed by atoms with Gasteiger partial charge in [0, 0.05) is 24.3 Å². The van der Waals surface area contributed by atoms with Gasteiger partial charge in [0.05, 0.1) is 28.4 Å². The van der Waals surface area contributed by atoms with Gasteiger partial charge < -0.3 is 14.8 Å². The van der Waals surface area contributed by atoms with Crippen LogP contribution in [0.5, 0.6) is 5.75 Å². The van der Waals surface area contributed by atoms with Crippen molar-refractivity contribution < 1.29 is 17.9 Å². The number of halogens is 2. The van der Waals surface area contributed by atoms with E-state index in [1.165, 1.54) is 30.6 Å². The Kier molecular flexibility index (Phi) is 7.35. The lowest BCUT2D eigenvalue weighted by molar-refractivity contribution is 0.0904. The minimum atomic E-state index is -4.00. The molecular formula is C22H23Cl2N3O4S2. The Labute approximate surface area is 207 Å². The van der Waals surface area contributed by atoms with Crippen LogP contribution in [0.3, 0.4) is 0 Å². The van der Waals surface area contributed by atoms with Crippen LogP contribution in [0.4, 0.5) is 10.8 Å². The van der Waals surface area contributed by atoms with E-state index in [-0.39, 0.29) is 21.4 Å². The summed E-state index contributed by atoms with van der Waals surface area (Å²) in [5, 5.41) is 4.88. The van der Waals surface area contributed by atoms with E-state index >= 15 is 0 Å². The highest BCUT2D eigenvalue weighted by molar-refractivity contribution is 7.92. The molecule has 176 valence electrons. The standard InChI is InChI=1S/C22H23Cl2N3O4S2/c1-13-21(32-22(25-13)26-16-7-9-31-10-8-16)14-3-6-19(30-2)20(11-14)33(28,29)27-18-5-4-15(23)12-17(18)24/h3-6,11-12,16,27H,7-10H2,1-2H3,(H,25,26). The number of nitrogens with one attached hydrogen (secondary N) is 2. The summed E-state index contributed by atoms with van der Waals surface area (Å²) < 4.78 is 39.7. The third-order valence-corrected chi connectivity index (χ3v) is 8.31. The lowest BCUT2D eigenvalue weighted by atomic mass is 10.1. The van der Waals surface area contributed by atoms with Crippen LogP contribution in [0, 0.1) is 6.92 Å². The monoisotopic (exact) mass is 527 g/mol. The number of thiazole rings is 1. The van der Waals surface area contributed by atoms with Gasteiger partial charge in [-0.25, -0.2) is 13.4 Å². The Hall–Kier alpha value is -2.04. The van der Waals surface area contributed by atoms with Crippen LogP contribution < -0.4 is 14.8 Å². The first-order valence-corrected chi connectivity index (χ1v) is 13.3. The van der Waals surface area contributed by atoms with Gasteiger partial charge in [0.25, 0.3) is 10.0 Å². The van der Waals surface area contributed by atoms with Crippen LogP contribution in [0.15, 0.2) is 41.3 Å². The van der Waals surface area contributed by atoms with Gasteiger partial charge >= 0.3 is 0 Å². The summed E-state index contributed by atoms with van der Waals surface area (Å²) in [5.74, 6) is 0.221. The molecule has 7 nitrogen and oxygen atoms in total. The van der Waals surface area contributed by atoms with Crippen molar-refractivity contribution in [2.45, 2.75) is 30.7 Å². The van der Waals surface area contributed by atoms with Crippen molar-refractivity contribution >= 4 is 55.4 Å². The molecular weight excluding hydrogens is 505 g/mol. The van der Waals surface area contributed by atoms with Crippen LogP contribution in [0.25, 0.3) is 10.4 Å². The Morgan fingerprint density at radius 2 is 1.91 bits per heavy atom. The van der Waals surface area contributed by atoms with Crippen LogP contribution in [-0.4, -0.2) is 39.8 Å². The highest BCUT2D eigenvalue weighted by Gasteiger charge is 2.23. The zero-order valence-electron chi connectivity index (χ0n) is 18.0. The highest BCUT2D eigenvalue weighted by atomic mass is 35.5. The third-order valence-electron chi connectivity index (χ3n) is 5.24.